The molecule has 1 aromatic heterocycles. The zero-order chi connectivity index (χ0) is 20.6. The number of hydrogen-bond acceptors (Lipinski definition) is 7. The van der Waals surface area contributed by atoms with Crippen LogP contribution in [-0.2, 0) is 17.8 Å². The van der Waals surface area contributed by atoms with Crippen LogP contribution in [0.1, 0.15) is 18.4 Å². The number of nitrogens with zero attached hydrogens (tertiary/aromatic N) is 2. The summed E-state index contributed by atoms with van der Waals surface area (Å²) in [6.07, 6.45) is 0.974. The minimum Gasteiger partial charge on any atom is -0.495 e. The summed E-state index contributed by atoms with van der Waals surface area (Å²) >= 11 is 7.10. The number of benzene rings is 2. The van der Waals surface area contributed by atoms with Gasteiger partial charge in [-0.05, 0) is 42.3 Å². The lowest BCUT2D eigenvalue weighted by Gasteiger charge is -2.09. The van der Waals surface area contributed by atoms with Gasteiger partial charge >= 0.3 is 0 Å². The van der Waals surface area contributed by atoms with Gasteiger partial charge in [-0.15, -0.1) is 10.2 Å². The third-order valence-electron chi connectivity index (χ3n) is 3.90. The number of carbonyl (C=O) groups excluding carboxylic acids is 1. The first-order valence-electron chi connectivity index (χ1n) is 8.87. The molecule has 0 aliphatic rings. The monoisotopic (exact) mass is 433 g/mol. The van der Waals surface area contributed by atoms with Crippen LogP contribution < -0.4 is 14.8 Å². The second-order valence-electron chi connectivity index (χ2n) is 5.93. The van der Waals surface area contributed by atoms with E-state index in [-0.39, 0.29) is 23.5 Å². The highest BCUT2D eigenvalue weighted by Gasteiger charge is 2.12. The molecule has 0 saturated carbocycles. The Morgan fingerprint density at radius 2 is 2.00 bits per heavy atom. The van der Waals surface area contributed by atoms with Gasteiger partial charge in [0.2, 0.25) is 5.91 Å². The summed E-state index contributed by atoms with van der Waals surface area (Å²) in [7, 11) is 1.52. The predicted molar refractivity (Wildman–Crippen MR) is 112 cm³/mol. The van der Waals surface area contributed by atoms with Gasteiger partial charge in [-0.25, -0.2) is 0 Å². The van der Waals surface area contributed by atoms with Crippen LogP contribution in [0, 0.1) is 0 Å². The van der Waals surface area contributed by atoms with Crippen molar-refractivity contribution in [2.24, 2.45) is 0 Å². The first-order valence-corrected chi connectivity index (χ1v) is 10.2. The lowest BCUT2D eigenvalue weighted by molar-refractivity contribution is -0.113. The van der Waals surface area contributed by atoms with Gasteiger partial charge in [-0.2, -0.15) is 0 Å². The molecule has 0 saturated heterocycles. The summed E-state index contributed by atoms with van der Waals surface area (Å²) in [6, 6.07) is 12.8. The van der Waals surface area contributed by atoms with Crippen molar-refractivity contribution in [1.29, 1.82) is 0 Å². The van der Waals surface area contributed by atoms with Crippen LogP contribution in [0.3, 0.4) is 0 Å². The smallest absolute Gasteiger partial charge is 0.277 e. The highest BCUT2D eigenvalue weighted by Crippen LogP contribution is 2.28. The summed E-state index contributed by atoms with van der Waals surface area (Å²) < 4.78 is 16.3. The normalized spacial score (nSPS) is 10.6. The fraction of sp³-hybridized carbons (Fsp3) is 0.250. The highest BCUT2D eigenvalue weighted by molar-refractivity contribution is 7.99. The zero-order valence-corrected chi connectivity index (χ0v) is 17.5. The number of aryl methyl sites for hydroxylation is 1. The van der Waals surface area contributed by atoms with Crippen molar-refractivity contribution in [3.63, 3.8) is 0 Å². The SMILES string of the molecule is CCc1ccc(OCc2nnc(SCC(=O)Nc3cc(Cl)ccc3OC)o2)cc1. The second-order valence-corrected chi connectivity index (χ2v) is 7.29. The lowest BCUT2D eigenvalue weighted by atomic mass is 10.2. The number of anilines is 1. The van der Waals surface area contributed by atoms with E-state index in [1.807, 2.05) is 24.3 Å². The molecule has 0 fully saturated rings. The average molecular weight is 434 g/mol. The zero-order valence-electron chi connectivity index (χ0n) is 16.0. The van der Waals surface area contributed by atoms with E-state index in [1.54, 1.807) is 18.2 Å². The molecular formula is C20H20ClN3O4S. The maximum Gasteiger partial charge on any atom is 0.277 e. The molecule has 1 N–H and O–H groups in total. The van der Waals surface area contributed by atoms with Crippen molar-refractivity contribution < 1.29 is 18.7 Å². The fourth-order valence-electron chi connectivity index (χ4n) is 2.41. The Kier molecular flexibility index (Phi) is 7.37. The van der Waals surface area contributed by atoms with Gasteiger partial charge in [0, 0.05) is 5.02 Å². The molecule has 0 atom stereocenters. The molecule has 0 bridgehead atoms. The quantitative estimate of drug-likeness (QED) is 0.493. The van der Waals surface area contributed by atoms with Crippen molar-refractivity contribution in [3.05, 3.63) is 58.9 Å². The average Bonchev–Trinajstić information content (AvgIpc) is 3.19. The number of aromatic nitrogens is 2. The van der Waals surface area contributed by atoms with Crippen LogP contribution in [-0.4, -0.2) is 29.0 Å². The molecule has 0 aliphatic heterocycles. The van der Waals surface area contributed by atoms with E-state index in [9.17, 15) is 4.79 Å². The number of thioether (sulfide) groups is 1. The second kappa shape index (κ2) is 10.2. The van der Waals surface area contributed by atoms with E-state index in [1.165, 1.54) is 12.7 Å². The third kappa shape index (κ3) is 6.13. The summed E-state index contributed by atoms with van der Waals surface area (Å²) in [5.41, 5.74) is 1.74. The van der Waals surface area contributed by atoms with E-state index in [0.717, 1.165) is 23.9 Å². The standard InChI is InChI=1S/C20H20ClN3O4S/c1-3-13-4-7-15(8-5-13)27-11-19-23-24-20(28-19)29-12-18(25)22-16-10-14(21)6-9-17(16)26-2/h4-10H,3,11-12H2,1-2H3,(H,22,25). The van der Waals surface area contributed by atoms with Crippen molar-refractivity contribution in [2.45, 2.75) is 25.2 Å². The molecule has 2 aromatic carbocycles. The minimum absolute atomic E-state index is 0.0939. The number of ether oxygens (including phenoxy) is 2. The summed E-state index contributed by atoms with van der Waals surface area (Å²) in [5.74, 6) is 1.43. The molecule has 7 nitrogen and oxygen atoms in total. The minimum atomic E-state index is -0.248. The number of amides is 1. The Balaban J connectivity index is 1.48. The number of halogens is 1. The largest absolute Gasteiger partial charge is 0.495 e. The maximum absolute atomic E-state index is 12.2. The number of carbonyl (C=O) groups is 1. The molecule has 0 unspecified atom stereocenters. The maximum atomic E-state index is 12.2. The van der Waals surface area contributed by atoms with Gasteiger partial charge < -0.3 is 19.2 Å². The van der Waals surface area contributed by atoms with Crippen LogP contribution >= 0.6 is 23.4 Å². The van der Waals surface area contributed by atoms with Crippen molar-refractivity contribution in [3.8, 4) is 11.5 Å². The molecule has 3 rings (SSSR count). The molecule has 1 amide bonds. The number of methoxy groups -OCH3 is 1. The first-order chi connectivity index (χ1) is 14.1. The van der Waals surface area contributed by atoms with Gasteiger partial charge in [0.1, 0.15) is 11.5 Å². The number of rotatable bonds is 9. The van der Waals surface area contributed by atoms with Crippen LogP contribution in [0.25, 0.3) is 0 Å². The third-order valence-corrected chi connectivity index (χ3v) is 4.96. The van der Waals surface area contributed by atoms with E-state index in [0.29, 0.717) is 22.4 Å². The lowest BCUT2D eigenvalue weighted by Crippen LogP contribution is -2.14. The van der Waals surface area contributed by atoms with Gasteiger partial charge in [0.15, 0.2) is 6.61 Å². The van der Waals surface area contributed by atoms with Crippen LogP contribution in [0.5, 0.6) is 11.5 Å². The highest BCUT2D eigenvalue weighted by atomic mass is 35.5. The fourth-order valence-corrected chi connectivity index (χ4v) is 3.17. The van der Waals surface area contributed by atoms with Gasteiger partial charge in [-0.3, -0.25) is 4.79 Å². The van der Waals surface area contributed by atoms with E-state index < -0.39 is 0 Å². The molecule has 152 valence electrons. The Labute approximate surface area is 177 Å². The van der Waals surface area contributed by atoms with Gasteiger partial charge in [0.05, 0.1) is 18.6 Å². The summed E-state index contributed by atoms with van der Waals surface area (Å²) in [5, 5.41) is 11.4. The predicted octanol–water partition coefficient (Wildman–Crippen LogP) is 4.60. The molecule has 3 aromatic rings. The molecule has 0 radical (unpaired) electrons. The molecule has 29 heavy (non-hydrogen) atoms. The molecule has 0 aliphatic carbocycles. The number of nitrogens with one attached hydrogen (secondary N) is 1. The van der Waals surface area contributed by atoms with E-state index >= 15 is 0 Å². The summed E-state index contributed by atoms with van der Waals surface area (Å²) in [4.78, 5) is 12.2. The topological polar surface area (TPSA) is 86.5 Å². The van der Waals surface area contributed by atoms with Crippen molar-refractivity contribution in [2.75, 3.05) is 18.2 Å². The van der Waals surface area contributed by atoms with Crippen LogP contribution in [0.2, 0.25) is 5.02 Å². The Morgan fingerprint density at radius 3 is 2.72 bits per heavy atom. The molecule has 1 heterocycles. The Bertz CT molecular complexity index is 963. The van der Waals surface area contributed by atoms with E-state index in [4.69, 9.17) is 25.5 Å². The van der Waals surface area contributed by atoms with E-state index in [2.05, 4.69) is 22.4 Å². The van der Waals surface area contributed by atoms with Gasteiger partial charge in [-0.1, -0.05) is 42.4 Å². The van der Waals surface area contributed by atoms with Crippen LogP contribution in [0.15, 0.2) is 52.1 Å². The van der Waals surface area contributed by atoms with Gasteiger partial charge in [0.25, 0.3) is 11.1 Å². The van der Waals surface area contributed by atoms with Crippen molar-refractivity contribution in [1.82, 2.24) is 10.2 Å². The Hall–Kier alpha value is -2.71. The van der Waals surface area contributed by atoms with Crippen LogP contribution in [0.4, 0.5) is 5.69 Å². The molecule has 9 heteroatoms. The number of hydrogen-bond donors (Lipinski definition) is 1. The molecular weight excluding hydrogens is 414 g/mol. The first kappa shape index (κ1) is 21.0. The summed E-state index contributed by atoms with van der Waals surface area (Å²) in [6.45, 7) is 2.25. The molecule has 0 spiro atoms. The Morgan fingerprint density at radius 1 is 1.21 bits per heavy atom. The van der Waals surface area contributed by atoms with Crippen molar-refractivity contribution >= 4 is 35.0 Å².